The zero-order valence-corrected chi connectivity index (χ0v) is 7.16. The van der Waals surface area contributed by atoms with Crippen LogP contribution in [0, 0.1) is 0 Å². The van der Waals surface area contributed by atoms with Gasteiger partial charge in [0, 0.05) is 6.42 Å². The van der Waals surface area contributed by atoms with Crippen LogP contribution in [0.1, 0.15) is 31.3 Å². The maximum Gasteiger partial charge on any atom is 0.148 e. The molecule has 0 aromatic carbocycles. The Morgan fingerprint density at radius 3 is 3.08 bits per heavy atom. The highest BCUT2D eigenvalue weighted by Crippen LogP contribution is 2.08. The molecule has 1 rings (SSSR count). The standard InChI is InChI=1S/C9H13NO2/c1-2-3-4-8-5-6-9(12-8)7-10-11/h5-7,11H,2-4H2,1H3. The summed E-state index contributed by atoms with van der Waals surface area (Å²) in [5.41, 5.74) is 0. The molecule has 0 saturated carbocycles. The molecule has 12 heavy (non-hydrogen) atoms. The number of furan rings is 1. The molecule has 0 spiro atoms. The molecular weight excluding hydrogens is 154 g/mol. The molecule has 66 valence electrons. The van der Waals surface area contributed by atoms with Gasteiger partial charge in [-0.1, -0.05) is 18.5 Å². The molecule has 3 nitrogen and oxygen atoms in total. The average Bonchev–Trinajstić information content (AvgIpc) is 2.50. The fraction of sp³-hybridized carbons (Fsp3) is 0.444. The lowest BCUT2D eigenvalue weighted by Gasteiger charge is -1.91. The summed E-state index contributed by atoms with van der Waals surface area (Å²) >= 11 is 0. The minimum absolute atomic E-state index is 0.601. The molecule has 0 unspecified atom stereocenters. The van der Waals surface area contributed by atoms with Gasteiger partial charge in [-0.2, -0.15) is 0 Å². The van der Waals surface area contributed by atoms with Crippen molar-refractivity contribution in [3.05, 3.63) is 23.7 Å². The third kappa shape index (κ3) is 2.42. The van der Waals surface area contributed by atoms with Crippen molar-refractivity contribution in [1.82, 2.24) is 0 Å². The summed E-state index contributed by atoms with van der Waals surface area (Å²) in [4.78, 5) is 0. The first-order chi connectivity index (χ1) is 5.86. The van der Waals surface area contributed by atoms with E-state index in [9.17, 15) is 0 Å². The molecule has 0 saturated heterocycles. The number of unbranched alkanes of at least 4 members (excludes halogenated alkanes) is 1. The van der Waals surface area contributed by atoms with E-state index in [4.69, 9.17) is 9.62 Å². The second-order valence-corrected chi connectivity index (χ2v) is 2.65. The van der Waals surface area contributed by atoms with E-state index in [1.165, 1.54) is 6.21 Å². The van der Waals surface area contributed by atoms with Crippen molar-refractivity contribution in [2.24, 2.45) is 5.16 Å². The Balaban J connectivity index is 2.52. The molecule has 1 heterocycles. The van der Waals surface area contributed by atoms with Crippen molar-refractivity contribution in [1.29, 1.82) is 0 Å². The van der Waals surface area contributed by atoms with E-state index in [0.29, 0.717) is 5.76 Å². The minimum Gasteiger partial charge on any atom is -0.460 e. The highest BCUT2D eigenvalue weighted by molar-refractivity contribution is 5.75. The highest BCUT2D eigenvalue weighted by atomic mass is 16.4. The topological polar surface area (TPSA) is 45.7 Å². The third-order valence-corrected chi connectivity index (χ3v) is 1.64. The zero-order valence-electron chi connectivity index (χ0n) is 7.16. The van der Waals surface area contributed by atoms with Crippen LogP contribution in [0.3, 0.4) is 0 Å². The van der Waals surface area contributed by atoms with Crippen LogP contribution in [0.2, 0.25) is 0 Å². The van der Waals surface area contributed by atoms with E-state index < -0.39 is 0 Å². The van der Waals surface area contributed by atoms with E-state index in [-0.39, 0.29) is 0 Å². The van der Waals surface area contributed by atoms with Gasteiger partial charge in [-0.25, -0.2) is 0 Å². The molecule has 0 aliphatic rings. The van der Waals surface area contributed by atoms with Crippen LogP contribution < -0.4 is 0 Å². The number of aryl methyl sites for hydroxylation is 1. The number of hydrogen-bond donors (Lipinski definition) is 1. The van der Waals surface area contributed by atoms with Crippen molar-refractivity contribution in [3.63, 3.8) is 0 Å². The Kier molecular flexibility index (Phi) is 3.38. The number of hydrogen-bond acceptors (Lipinski definition) is 3. The summed E-state index contributed by atoms with van der Waals surface area (Å²) in [5, 5.41) is 11.1. The third-order valence-electron chi connectivity index (χ3n) is 1.64. The Bertz CT molecular complexity index is 253. The molecule has 0 aliphatic heterocycles. The normalized spacial score (nSPS) is 11.1. The minimum atomic E-state index is 0.601. The lowest BCUT2D eigenvalue weighted by atomic mass is 10.2. The predicted molar refractivity (Wildman–Crippen MR) is 46.7 cm³/mol. The molecule has 1 aromatic rings. The summed E-state index contributed by atoms with van der Waals surface area (Å²) in [6, 6.07) is 3.71. The second-order valence-electron chi connectivity index (χ2n) is 2.65. The first kappa shape index (κ1) is 8.84. The van der Waals surface area contributed by atoms with E-state index in [1.807, 2.05) is 6.07 Å². The van der Waals surface area contributed by atoms with Crippen LogP contribution >= 0.6 is 0 Å². The number of nitrogens with zero attached hydrogens (tertiary/aromatic N) is 1. The monoisotopic (exact) mass is 167 g/mol. The lowest BCUT2D eigenvalue weighted by Crippen LogP contribution is -1.79. The van der Waals surface area contributed by atoms with E-state index in [2.05, 4.69) is 12.1 Å². The van der Waals surface area contributed by atoms with Gasteiger partial charge in [-0.15, -0.1) is 0 Å². The molecule has 0 amide bonds. The Hall–Kier alpha value is -1.25. The second kappa shape index (κ2) is 4.59. The van der Waals surface area contributed by atoms with E-state index in [1.54, 1.807) is 6.07 Å². The summed E-state index contributed by atoms with van der Waals surface area (Å²) in [6.07, 6.45) is 4.53. The molecular formula is C9H13NO2. The molecule has 0 fully saturated rings. The summed E-state index contributed by atoms with van der Waals surface area (Å²) in [7, 11) is 0. The Morgan fingerprint density at radius 1 is 1.58 bits per heavy atom. The fourth-order valence-corrected chi connectivity index (χ4v) is 1.01. The van der Waals surface area contributed by atoms with Gasteiger partial charge in [0.1, 0.15) is 17.7 Å². The van der Waals surface area contributed by atoms with Crippen LogP contribution in [0.15, 0.2) is 21.7 Å². The van der Waals surface area contributed by atoms with Gasteiger partial charge in [0.25, 0.3) is 0 Å². The first-order valence-corrected chi connectivity index (χ1v) is 4.13. The van der Waals surface area contributed by atoms with E-state index >= 15 is 0 Å². The molecule has 1 aromatic heterocycles. The molecule has 0 aliphatic carbocycles. The Morgan fingerprint density at radius 2 is 2.42 bits per heavy atom. The van der Waals surface area contributed by atoms with Gasteiger partial charge in [0.15, 0.2) is 0 Å². The predicted octanol–water partition coefficient (Wildman–Crippen LogP) is 2.43. The van der Waals surface area contributed by atoms with Crippen LogP contribution in [-0.2, 0) is 6.42 Å². The maximum atomic E-state index is 8.21. The maximum absolute atomic E-state index is 8.21. The van der Waals surface area contributed by atoms with Gasteiger partial charge in [-0.05, 0) is 18.6 Å². The Labute approximate surface area is 71.7 Å². The summed E-state index contributed by atoms with van der Waals surface area (Å²) in [6.45, 7) is 2.14. The SMILES string of the molecule is CCCCc1ccc(C=NO)o1. The summed E-state index contributed by atoms with van der Waals surface area (Å²) < 4.78 is 5.32. The van der Waals surface area contributed by atoms with Crippen molar-refractivity contribution in [3.8, 4) is 0 Å². The van der Waals surface area contributed by atoms with Crippen molar-refractivity contribution in [2.45, 2.75) is 26.2 Å². The van der Waals surface area contributed by atoms with Gasteiger partial charge in [-0.3, -0.25) is 0 Å². The van der Waals surface area contributed by atoms with Crippen molar-refractivity contribution in [2.75, 3.05) is 0 Å². The average molecular weight is 167 g/mol. The van der Waals surface area contributed by atoms with Crippen LogP contribution in [0.5, 0.6) is 0 Å². The van der Waals surface area contributed by atoms with Crippen molar-refractivity contribution < 1.29 is 9.62 Å². The van der Waals surface area contributed by atoms with Crippen LogP contribution in [0.4, 0.5) is 0 Å². The van der Waals surface area contributed by atoms with Crippen LogP contribution in [-0.4, -0.2) is 11.4 Å². The lowest BCUT2D eigenvalue weighted by molar-refractivity contribution is 0.320. The molecule has 3 heteroatoms. The quantitative estimate of drug-likeness (QED) is 0.425. The largest absolute Gasteiger partial charge is 0.460 e. The number of rotatable bonds is 4. The number of oxime groups is 1. The van der Waals surface area contributed by atoms with Gasteiger partial charge < -0.3 is 9.62 Å². The summed E-state index contributed by atoms with van der Waals surface area (Å²) in [5.74, 6) is 1.55. The first-order valence-electron chi connectivity index (χ1n) is 4.13. The molecule has 0 atom stereocenters. The fourth-order valence-electron chi connectivity index (χ4n) is 1.01. The molecule has 0 radical (unpaired) electrons. The smallest absolute Gasteiger partial charge is 0.148 e. The highest BCUT2D eigenvalue weighted by Gasteiger charge is 1.98. The zero-order chi connectivity index (χ0) is 8.81. The van der Waals surface area contributed by atoms with Gasteiger partial charge in [0.2, 0.25) is 0 Å². The van der Waals surface area contributed by atoms with Crippen molar-refractivity contribution >= 4 is 6.21 Å². The van der Waals surface area contributed by atoms with E-state index in [0.717, 1.165) is 25.0 Å². The van der Waals surface area contributed by atoms with Crippen LogP contribution in [0.25, 0.3) is 0 Å². The molecule has 0 bridgehead atoms. The van der Waals surface area contributed by atoms with Gasteiger partial charge in [0.05, 0.1) is 0 Å². The molecule has 1 N–H and O–H groups in total. The van der Waals surface area contributed by atoms with Gasteiger partial charge >= 0.3 is 0 Å².